The molecule has 3 heteroatoms. The third-order valence-corrected chi connectivity index (χ3v) is 3.64. The molecule has 2 rings (SSSR count). The Balaban J connectivity index is 2.51. The summed E-state index contributed by atoms with van der Waals surface area (Å²) < 4.78 is 0. The second kappa shape index (κ2) is 5.31. The highest BCUT2D eigenvalue weighted by Crippen LogP contribution is 2.33. The summed E-state index contributed by atoms with van der Waals surface area (Å²) in [5, 5.41) is 11.5. The van der Waals surface area contributed by atoms with Gasteiger partial charge >= 0.3 is 0 Å². The number of benzene rings is 2. The Bertz CT molecular complexity index is 558. The highest BCUT2D eigenvalue weighted by atomic mass is 35.5. The van der Waals surface area contributed by atoms with Gasteiger partial charge < -0.3 is 5.11 Å². The van der Waals surface area contributed by atoms with Crippen LogP contribution >= 0.6 is 23.2 Å². The maximum absolute atomic E-state index is 10.5. The van der Waals surface area contributed by atoms with Crippen LogP contribution in [-0.2, 0) is 0 Å². The fraction of sp³-hybridized carbons (Fsp3) is 0.200. The first kappa shape index (κ1) is 13.4. The summed E-state index contributed by atoms with van der Waals surface area (Å²) in [7, 11) is 0. The molecule has 0 heterocycles. The van der Waals surface area contributed by atoms with Gasteiger partial charge in [0.25, 0.3) is 0 Å². The van der Waals surface area contributed by atoms with E-state index in [-0.39, 0.29) is 0 Å². The van der Waals surface area contributed by atoms with Gasteiger partial charge in [-0.15, -0.1) is 0 Å². The maximum Gasteiger partial charge on any atom is 0.106 e. The van der Waals surface area contributed by atoms with Gasteiger partial charge in [0.1, 0.15) is 6.10 Å². The molecule has 0 fully saturated rings. The van der Waals surface area contributed by atoms with E-state index >= 15 is 0 Å². The summed E-state index contributed by atoms with van der Waals surface area (Å²) >= 11 is 12.0. The molecule has 0 saturated carbocycles. The van der Waals surface area contributed by atoms with Crippen LogP contribution in [0.2, 0.25) is 10.0 Å². The van der Waals surface area contributed by atoms with E-state index in [1.807, 2.05) is 32.0 Å². The molecule has 0 aliphatic carbocycles. The SMILES string of the molecule is Cc1cccc(C)c1C(O)c1ccc(Cl)cc1Cl. The standard InChI is InChI=1S/C15H14Cl2O/c1-9-4-3-5-10(2)14(9)15(18)12-7-6-11(16)8-13(12)17/h3-8,15,18H,1-2H3. The van der Waals surface area contributed by atoms with Crippen molar-refractivity contribution in [2.75, 3.05) is 0 Å². The molecule has 0 amide bonds. The second-order valence-electron chi connectivity index (χ2n) is 4.37. The van der Waals surface area contributed by atoms with Crippen molar-refractivity contribution in [3.8, 4) is 0 Å². The normalized spacial score (nSPS) is 12.5. The molecule has 1 atom stereocenters. The molecule has 0 radical (unpaired) electrons. The number of rotatable bonds is 2. The van der Waals surface area contributed by atoms with Crippen LogP contribution in [0.15, 0.2) is 36.4 Å². The first-order valence-corrected chi connectivity index (χ1v) is 6.45. The van der Waals surface area contributed by atoms with E-state index < -0.39 is 6.10 Å². The van der Waals surface area contributed by atoms with Gasteiger partial charge in [-0.3, -0.25) is 0 Å². The summed E-state index contributed by atoms with van der Waals surface area (Å²) in [5.41, 5.74) is 3.68. The lowest BCUT2D eigenvalue weighted by atomic mass is 9.93. The molecule has 2 aromatic rings. The molecule has 1 N–H and O–H groups in total. The van der Waals surface area contributed by atoms with Crippen molar-refractivity contribution in [3.05, 3.63) is 68.7 Å². The number of aryl methyl sites for hydroxylation is 2. The molecule has 2 aromatic carbocycles. The Kier molecular flexibility index (Phi) is 3.96. The van der Waals surface area contributed by atoms with Crippen LogP contribution in [0.25, 0.3) is 0 Å². The van der Waals surface area contributed by atoms with Gasteiger partial charge in [-0.25, -0.2) is 0 Å². The van der Waals surface area contributed by atoms with E-state index in [0.29, 0.717) is 15.6 Å². The molecule has 0 aliphatic heterocycles. The van der Waals surface area contributed by atoms with E-state index in [1.54, 1.807) is 18.2 Å². The van der Waals surface area contributed by atoms with Gasteiger partial charge in [0.15, 0.2) is 0 Å². The number of aliphatic hydroxyl groups excluding tert-OH is 1. The average Bonchev–Trinajstić information content (AvgIpc) is 2.28. The average molecular weight is 281 g/mol. The van der Waals surface area contributed by atoms with Gasteiger partial charge in [-0.05, 0) is 42.7 Å². The lowest BCUT2D eigenvalue weighted by Gasteiger charge is -2.18. The quantitative estimate of drug-likeness (QED) is 0.846. The highest BCUT2D eigenvalue weighted by Gasteiger charge is 2.17. The van der Waals surface area contributed by atoms with Gasteiger partial charge in [-0.1, -0.05) is 47.5 Å². The summed E-state index contributed by atoms with van der Waals surface area (Å²) in [4.78, 5) is 0. The number of hydrogen-bond donors (Lipinski definition) is 1. The van der Waals surface area contributed by atoms with Crippen LogP contribution in [0, 0.1) is 13.8 Å². The molecule has 18 heavy (non-hydrogen) atoms. The fourth-order valence-electron chi connectivity index (χ4n) is 2.14. The Morgan fingerprint density at radius 2 is 1.61 bits per heavy atom. The Hall–Kier alpha value is -1.02. The fourth-order valence-corrected chi connectivity index (χ4v) is 2.65. The molecule has 0 saturated heterocycles. The monoisotopic (exact) mass is 280 g/mol. The van der Waals surface area contributed by atoms with Crippen LogP contribution in [-0.4, -0.2) is 5.11 Å². The first-order valence-electron chi connectivity index (χ1n) is 5.70. The largest absolute Gasteiger partial charge is 0.384 e. The minimum Gasteiger partial charge on any atom is -0.384 e. The number of halogens is 2. The Morgan fingerprint density at radius 3 is 2.17 bits per heavy atom. The maximum atomic E-state index is 10.5. The van der Waals surface area contributed by atoms with Gasteiger partial charge in [0.05, 0.1) is 0 Å². The first-order chi connectivity index (χ1) is 8.50. The van der Waals surface area contributed by atoms with Gasteiger partial charge in [-0.2, -0.15) is 0 Å². The third-order valence-electron chi connectivity index (χ3n) is 3.07. The van der Waals surface area contributed by atoms with Crippen LogP contribution in [0.3, 0.4) is 0 Å². The minimum atomic E-state index is -0.726. The van der Waals surface area contributed by atoms with Crippen molar-refractivity contribution >= 4 is 23.2 Å². The Morgan fingerprint density at radius 1 is 1.00 bits per heavy atom. The zero-order valence-corrected chi connectivity index (χ0v) is 11.8. The van der Waals surface area contributed by atoms with Crippen molar-refractivity contribution < 1.29 is 5.11 Å². The van der Waals surface area contributed by atoms with Gasteiger partial charge in [0, 0.05) is 15.6 Å². The molecule has 1 nitrogen and oxygen atoms in total. The smallest absolute Gasteiger partial charge is 0.106 e. The zero-order chi connectivity index (χ0) is 13.3. The molecule has 0 spiro atoms. The Labute approximate surface area is 117 Å². The van der Waals surface area contributed by atoms with Crippen LogP contribution in [0.1, 0.15) is 28.4 Å². The van der Waals surface area contributed by atoms with Crippen molar-refractivity contribution in [1.82, 2.24) is 0 Å². The molecule has 1 unspecified atom stereocenters. The molecule has 0 bridgehead atoms. The topological polar surface area (TPSA) is 20.2 Å². The van der Waals surface area contributed by atoms with E-state index in [2.05, 4.69) is 0 Å². The molecule has 0 aliphatic rings. The molecule has 94 valence electrons. The van der Waals surface area contributed by atoms with Crippen molar-refractivity contribution in [2.24, 2.45) is 0 Å². The highest BCUT2D eigenvalue weighted by molar-refractivity contribution is 6.35. The third kappa shape index (κ3) is 2.54. The zero-order valence-electron chi connectivity index (χ0n) is 10.2. The van der Waals surface area contributed by atoms with Crippen molar-refractivity contribution in [1.29, 1.82) is 0 Å². The van der Waals surface area contributed by atoms with Crippen LogP contribution < -0.4 is 0 Å². The van der Waals surface area contributed by atoms with Crippen molar-refractivity contribution in [2.45, 2.75) is 20.0 Å². The summed E-state index contributed by atoms with van der Waals surface area (Å²) in [6.07, 6.45) is -0.726. The summed E-state index contributed by atoms with van der Waals surface area (Å²) in [6, 6.07) is 11.1. The lowest BCUT2D eigenvalue weighted by molar-refractivity contribution is 0.219. The summed E-state index contributed by atoms with van der Waals surface area (Å²) in [5.74, 6) is 0. The molecular weight excluding hydrogens is 267 g/mol. The molecular formula is C15H14Cl2O. The minimum absolute atomic E-state index is 0.484. The van der Waals surface area contributed by atoms with Crippen LogP contribution in [0.5, 0.6) is 0 Å². The van der Waals surface area contributed by atoms with E-state index in [9.17, 15) is 5.11 Å². The summed E-state index contributed by atoms with van der Waals surface area (Å²) in [6.45, 7) is 3.96. The number of aliphatic hydroxyl groups is 1. The number of hydrogen-bond acceptors (Lipinski definition) is 1. The lowest BCUT2D eigenvalue weighted by Crippen LogP contribution is -2.05. The predicted molar refractivity (Wildman–Crippen MR) is 76.4 cm³/mol. The predicted octanol–water partition coefficient (Wildman–Crippen LogP) is 4.69. The van der Waals surface area contributed by atoms with E-state index in [1.165, 1.54) is 0 Å². The van der Waals surface area contributed by atoms with Crippen molar-refractivity contribution in [3.63, 3.8) is 0 Å². The van der Waals surface area contributed by atoms with E-state index in [4.69, 9.17) is 23.2 Å². The molecule has 0 aromatic heterocycles. The van der Waals surface area contributed by atoms with Gasteiger partial charge in [0.2, 0.25) is 0 Å². The van der Waals surface area contributed by atoms with E-state index in [0.717, 1.165) is 16.7 Å². The second-order valence-corrected chi connectivity index (χ2v) is 5.22. The van der Waals surface area contributed by atoms with Crippen LogP contribution in [0.4, 0.5) is 0 Å².